The summed E-state index contributed by atoms with van der Waals surface area (Å²) in [5.41, 5.74) is -0.571. The first-order chi connectivity index (χ1) is 17.6. The molecule has 0 saturated heterocycles. The van der Waals surface area contributed by atoms with Gasteiger partial charge in [-0.3, -0.25) is 4.79 Å². The number of fused-ring (bicyclic) bond motifs is 1. The number of rotatable bonds is 5. The number of benzene rings is 2. The average molecular weight is 419 g/mol. The van der Waals surface area contributed by atoms with Crippen molar-refractivity contribution in [2.45, 2.75) is 19.6 Å². The number of carbonyl (C=O) groups excluding carboxylic acids is 1. The molecule has 154 valence electrons. The summed E-state index contributed by atoms with van der Waals surface area (Å²) in [5.74, 6) is -2.06. The van der Waals surface area contributed by atoms with Gasteiger partial charge in [0.15, 0.2) is 0 Å². The maximum absolute atomic E-state index is 13.6. The van der Waals surface area contributed by atoms with Crippen molar-refractivity contribution in [1.82, 2.24) is 14.9 Å². The molecule has 0 N–H and O–H groups in total. The molecule has 0 atom stereocenters. The highest BCUT2D eigenvalue weighted by atomic mass is 19.3. The molecule has 2 heterocycles. The monoisotopic (exact) mass is 419 g/mol. The molecule has 0 aliphatic carbocycles. The fourth-order valence-electron chi connectivity index (χ4n) is 2.66. The van der Waals surface area contributed by atoms with Gasteiger partial charge in [-0.25, -0.2) is 9.97 Å². The maximum Gasteiger partial charge on any atom is 0.394 e. The predicted octanol–water partition coefficient (Wildman–Crippen LogP) is 4.17. The van der Waals surface area contributed by atoms with E-state index in [1.807, 2.05) is 0 Å². The number of aromatic nitrogens is 2. The van der Waals surface area contributed by atoms with Crippen LogP contribution in [0.5, 0.6) is 11.5 Å². The normalized spacial score (nSPS) is 19.4. The van der Waals surface area contributed by atoms with Crippen LogP contribution in [0.4, 0.5) is 8.78 Å². The first kappa shape index (κ1) is 12.2. The van der Waals surface area contributed by atoms with E-state index in [4.69, 9.17) is 15.7 Å². The van der Waals surface area contributed by atoms with E-state index in [-0.39, 0.29) is 22.7 Å². The first-order valence-electron chi connectivity index (χ1n) is 12.7. The van der Waals surface area contributed by atoms with Crippen molar-refractivity contribution < 1.29 is 34.0 Å². The number of ether oxygens (including phenoxy) is 2. The Balaban J connectivity index is 1.82. The fourth-order valence-corrected chi connectivity index (χ4v) is 2.66. The Labute approximate surface area is 183 Å². The predicted molar refractivity (Wildman–Crippen MR) is 105 cm³/mol. The van der Waals surface area contributed by atoms with Gasteiger partial charge in [-0.15, -0.1) is 0 Å². The van der Waals surface area contributed by atoms with Gasteiger partial charge in [0.2, 0.25) is 0 Å². The van der Waals surface area contributed by atoms with E-state index < -0.39 is 79.5 Å². The fraction of sp³-hybridized carbons (Fsp3) is 0.227. The van der Waals surface area contributed by atoms with Crippen molar-refractivity contribution in [3.8, 4) is 22.6 Å². The Bertz CT molecular complexity index is 1410. The molecular formula is C22H19F2N3O3. The lowest BCUT2D eigenvalue weighted by atomic mass is 10.0. The smallest absolute Gasteiger partial charge is 0.394 e. The van der Waals surface area contributed by atoms with Crippen LogP contribution in [-0.2, 0) is 6.54 Å². The van der Waals surface area contributed by atoms with Gasteiger partial charge in [-0.1, -0.05) is 18.2 Å². The molecule has 0 radical (unpaired) electrons. The van der Waals surface area contributed by atoms with Crippen molar-refractivity contribution in [3.63, 3.8) is 0 Å². The molecule has 0 bridgehead atoms. The molecule has 0 spiro atoms. The Morgan fingerprint density at radius 3 is 2.67 bits per heavy atom. The van der Waals surface area contributed by atoms with E-state index in [0.29, 0.717) is 11.8 Å². The van der Waals surface area contributed by atoms with Crippen LogP contribution in [0.25, 0.3) is 11.1 Å². The topological polar surface area (TPSA) is 64.6 Å². The summed E-state index contributed by atoms with van der Waals surface area (Å²) in [6, 6.07) is 2.70. The third kappa shape index (κ3) is 4.53. The van der Waals surface area contributed by atoms with Gasteiger partial charge >= 0.3 is 6.11 Å². The summed E-state index contributed by atoms with van der Waals surface area (Å²) < 4.78 is 101. The summed E-state index contributed by atoms with van der Waals surface area (Å²) >= 11 is 0. The number of amides is 1. The molecule has 2 aromatic carbocycles. The minimum Gasteiger partial charge on any atom is -0.491 e. The van der Waals surface area contributed by atoms with E-state index in [0.717, 1.165) is 0 Å². The van der Waals surface area contributed by atoms with E-state index in [2.05, 4.69) is 14.7 Å². The third-order valence-electron chi connectivity index (χ3n) is 3.93. The number of halogens is 2. The highest BCUT2D eigenvalue weighted by Gasteiger charge is 2.25. The van der Waals surface area contributed by atoms with Crippen molar-refractivity contribution in [3.05, 3.63) is 72.2 Å². The van der Waals surface area contributed by atoms with Crippen LogP contribution in [0.1, 0.15) is 34.1 Å². The number of alkyl halides is 2. The van der Waals surface area contributed by atoms with Crippen LogP contribution in [0.15, 0.2) is 60.8 Å². The van der Waals surface area contributed by atoms with Gasteiger partial charge in [0.25, 0.3) is 5.91 Å². The molecular weight excluding hydrogens is 392 g/mol. The number of carbonyl (C=O) groups is 1. The van der Waals surface area contributed by atoms with Crippen LogP contribution < -0.4 is 9.47 Å². The third-order valence-corrected chi connectivity index (χ3v) is 3.93. The standard InChI is InChI=1S/C22H19F2N3O3/c1-22(23,24)30-17-6-3-15(4-7-17)16-5-8-19-18(13-16)21(28)27(11-12-29-19)14-20-25-9-2-10-26-20/h2-10,13H,11-12,14H2,1H3/i2D,5D,8D,9D,10D,11D2,13D. The molecule has 0 saturated carbocycles. The van der Waals surface area contributed by atoms with E-state index in [1.165, 1.54) is 24.3 Å². The number of hydrogen-bond acceptors (Lipinski definition) is 5. The lowest BCUT2D eigenvalue weighted by molar-refractivity contribution is -0.158. The molecule has 1 aromatic heterocycles. The molecule has 0 unspecified atom stereocenters. The molecule has 3 aromatic rings. The zero-order valence-electron chi connectivity index (χ0n) is 23.5. The Hall–Kier alpha value is -3.55. The molecule has 4 rings (SSSR count). The Morgan fingerprint density at radius 2 is 1.97 bits per heavy atom. The summed E-state index contributed by atoms with van der Waals surface area (Å²) in [5, 5.41) is 0. The number of nitrogens with zero attached hydrogens (tertiary/aromatic N) is 3. The quantitative estimate of drug-likeness (QED) is 0.621. The van der Waals surface area contributed by atoms with Crippen LogP contribution >= 0.6 is 0 Å². The second-order valence-electron chi connectivity index (χ2n) is 6.21. The lowest BCUT2D eigenvalue weighted by Gasteiger charge is -2.19. The van der Waals surface area contributed by atoms with Gasteiger partial charge < -0.3 is 14.4 Å². The summed E-state index contributed by atoms with van der Waals surface area (Å²) in [7, 11) is 0. The molecule has 1 amide bonds. The van der Waals surface area contributed by atoms with Gasteiger partial charge in [0.1, 0.15) is 23.9 Å². The Kier molecular flexibility index (Phi) is 3.28. The van der Waals surface area contributed by atoms with Gasteiger partial charge in [0, 0.05) is 19.3 Å². The maximum atomic E-state index is 13.6. The lowest BCUT2D eigenvalue weighted by Crippen LogP contribution is -2.32. The van der Waals surface area contributed by atoms with Crippen molar-refractivity contribution in [2.24, 2.45) is 0 Å². The number of hydrogen-bond donors (Lipinski definition) is 0. The highest BCUT2D eigenvalue weighted by Crippen LogP contribution is 2.31. The minimum absolute atomic E-state index is 0.141. The molecule has 0 fully saturated rings. The second-order valence-corrected chi connectivity index (χ2v) is 6.21. The molecule has 8 heteroatoms. The van der Waals surface area contributed by atoms with Crippen LogP contribution in [0, 0.1) is 0 Å². The van der Waals surface area contributed by atoms with Crippen LogP contribution in [0.3, 0.4) is 0 Å². The van der Waals surface area contributed by atoms with E-state index >= 15 is 0 Å². The Morgan fingerprint density at radius 1 is 1.23 bits per heavy atom. The first-order valence-corrected chi connectivity index (χ1v) is 8.67. The highest BCUT2D eigenvalue weighted by molar-refractivity contribution is 5.98. The molecule has 6 nitrogen and oxygen atoms in total. The van der Waals surface area contributed by atoms with Gasteiger partial charge in [-0.2, -0.15) is 8.78 Å². The van der Waals surface area contributed by atoms with Gasteiger partial charge in [-0.05, 0) is 41.4 Å². The van der Waals surface area contributed by atoms with Crippen molar-refractivity contribution in [1.29, 1.82) is 0 Å². The molecule has 30 heavy (non-hydrogen) atoms. The summed E-state index contributed by atoms with van der Waals surface area (Å²) in [4.78, 5) is 21.7. The average Bonchev–Trinajstić information content (AvgIpc) is 2.91. The zero-order chi connectivity index (χ0) is 28.2. The minimum atomic E-state index is -3.44. The van der Waals surface area contributed by atoms with Gasteiger partial charge in [0.05, 0.1) is 29.6 Å². The SMILES string of the molecule is [2H]c1nc(CN2C(=O)c3c([2H])c(-c4ccc(OC(C)(F)F)cc4)c([2H])c([2H])c3OCC2([2H])[2H])nc([2H])c1[2H]. The summed E-state index contributed by atoms with van der Waals surface area (Å²) in [6.45, 7) is -3.38. The van der Waals surface area contributed by atoms with E-state index in [1.54, 1.807) is 0 Å². The van der Waals surface area contributed by atoms with Crippen LogP contribution in [-0.4, -0.2) is 40.0 Å². The van der Waals surface area contributed by atoms with Crippen molar-refractivity contribution >= 4 is 5.91 Å². The van der Waals surface area contributed by atoms with Crippen molar-refractivity contribution in [2.75, 3.05) is 13.1 Å². The summed E-state index contributed by atoms with van der Waals surface area (Å²) in [6.07, 6.45) is -4.63. The van der Waals surface area contributed by atoms with E-state index in [9.17, 15) is 13.6 Å². The largest absolute Gasteiger partial charge is 0.491 e. The van der Waals surface area contributed by atoms with Crippen LogP contribution in [0.2, 0.25) is 0 Å². The zero-order valence-corrected chi connectivity index (χ0v) is 15.5. The molecule has 1 aliphatic rings. The molecule has 1 aliphatic heterocycles. The second kappa shape index (κ2) is 8.06.